The summed E-state index contributed by atoms with van der Waals surface area (Å²) >= 11 is 0. The van der Waals surface area contributed by atoms with Crippen LogP contribution in [0.25, 0.3) is 0 Å². The Morgan fingerprint density at radius 3 is 1.67 bits per heavy atom. The van der Waals surface area contributed by atoms with E-state index in [2.05, 4.69) is 12.2 Å². The van der Waals surface area contributed by atoms with Crippen LogP contribution >= 0.6 is 0 Å². The number of ether oxygens (including phenoxy) is 2. The molecule has 1 rings (SSSR count). The summed E-state index contributed by atoms with van der Waals surface area (Å²) < 4.78 is 10.9. The molecule has 0 saturated carbocycles. The van der Waals surface area contributed by atoms with Crippen LogP contribution in [0.4, 0.5) is 0 Å². The largest absolute Gasteiger partial charge is 0.394 e. The highest BCUT2D eigenvalue weighted by atomic mass is 16.7. The van der Waals surface area contributed by atoms with Crippen LogP contribution in [-0.2, 0) is 14.3 Å². The summed E-state index contributed by atoms with van der Waals surface area (Å²) in [6.07, 6.45) is 12.3. The first-order valence-electron chi connectivity index (χ1n) is 16.8. The summed E-state index contributed by atoms with van der Waals surface area (Å²) in [6, 6.07) is -0.981. The van der Waals surface area contributed by atoms with E-state index >= 15 is 0 Å². The number of carbonyl (C=O) groups is 1. The van der Waals surface area contributed by atoms with Crippen molar-refractivity contribution in [1.82, 2.24) is 5.32 Å². The molecule has 0 radical (unpaired) electrons. The minimum absolute atomic E-state index is 0.257. The third kappa shape index (κ3) is 16.3. The third-order valence-electron chi connectivity index (χ3n) is 8.37. The fourth-order valence-electron chi connectivity index (χ4n) is 5.43. The zero-order chi connectivity index (χ0) is 31.2. The second-order valence-electron chi connectivity index (χ2n) is 12.1. The average molecular weight is 606 g/mol. The second kappa shape index (κ2) is 24.5. The Morgan fingerprint density at radius 1 is 0.738 bits per heavy atom. The van der Waals surface area contributed by atoms with Gasteiger partial charge in [0.2, 0.25) is 5.91 Å². The van der Waals surface area contributed by atoms with Gasteiger partial charge in [0.25, 0.3) is 0 Å². The molecule has 0 bridgehead atoms. The molecule has 1 saturated heterocycles. The molecule has 7 N–H and O–H groups in total. The molecule has 0 unspecified atom stereocenters. The number of aliphatic hydroxyl groups is 6. The topological polar surface area (TPSA) is 169 Å². The first-order chi connectivity index (χ1) is 20.3. The van der Waals surface area contributed by atoms with E-state index in [0.717, 1.165) is 25.7 Å². The maximum absolute atomic E-state index is 12.6. The molecule has 10 nitrogen and oxygen atoms in total. The molecule has 1 aliphatic rings. The Kier molecular flexibility index (Phi) is 22.8. The van der Waals surface area contributed by atoms with Crippen molar-refractivity contribution in [2.24, 2.45) is 0 Å². The van der Waals surface area contributed by atoms with Gasteiger partial charge in [0.1, 0.15) is 30.5 Å². The first-order valence-corrected chi connectivity index (χ1v) is 16.8. The van der Waals surface area contributed by atoms with Gasteiger partial charge in [-0.1, -0.05) is 117 Å². The Hall–Kier alpha value is -0.850. The molecule has 250 valence electrons. The normalized spacial score (nSPS) is 24.8. The van der Waals surface area contributed by atoms with E-state index in [4.69, 9.17) is 9.47 Å². The van der Waals surface area contributed by atoms with Crippen molar-refractivity contribution < 1.29 is 44.9 Å². The Labute approximate surface area is 254 Å². The highest BCUT2D eigenvalue weighted by molar-refractivity contribution is 5.76. The molecule has 0 aromatic rings. The van der Waals surface area contributed by atoms with Crippen LogP contribution in [0.1, 0.15) is 136 Å². The molecule has 1 fully saturated rings. The van der Waals surface area contributed by atoms with E-state index < -0.39 is 55.6 Å². The Bertz CT molecular complexity index is 653. The average Bonchev–Trinajstić information content (AvgIpc) is 2.99. The number of nitrogens with one attached hydrogen (secondary N) is 1. The lowest BCUT2D eigenvalue weighted by molar-refractivity contribution is -0.303. The van der Waals surface area contributed by atoms with Crippen molar-refractivity contribution in [3.05, 3.63) is 0 Å². The van der Waals surface area contributed by atoms with E-state index in [1.165, 1.54) is 83.5 Å². The van der Waals surface area contributed by atoms with Gasteiger partial charge in [-0.05, 0) is 12.8 Å². The third-order valence-corrected chi connectivity index (χ3v) is 8.37. The summed E-state index contributed by atoms with van der Waals surface area (Å²) in [5.74, 6) is -0.277. The predicted octanol–water partition coefficient (Wildman–Crippen LogP) is 3.46. The number of carbonyl (C=O) groups excluding carboxylic acids is 1. The van der Waals surface area contributed by atoms with Gasteiger partial charge in [-0.2, -0.15) is 0 Å². The molecule has 8 atom stereocenters. The maximum Gasteiger partial charge on any atom is 0.220 e. The summed E-state index contributed by atoms with van der Waals surface area (Å²) in [4.78, 5) is 12.6. The molecule has 1 amide bonds. The molecular weight excluding hydrogens is 542 g/mol. The monoisotopic (exact) mass is 605 g/mol. The second-order valence-corrected chi connectivity index (χ2v) is 12.1. The zero-order valence-electron chi connectivity index (χ0n) is 26.4. The van der Waals surface area contributed by atoms with Crippen LogP contribution in [0.5, 0.6) is 0 Å². The number of unbranched alkanes of at least 4 members (excludes halogenated alkanes) is 16. The standard InChI is InChI=1S/C32H63NO9/c1-3-5-6-7-8-9-10-11-12-13-14-15-16-17-18-19-20-21-27(36)33-24(28(37)25(35)4-2)23-41-32-31(40)30(39)29(38)26(22-34)42-32/h24-26,28-32,34-35,37-40H,3-23H2,1-2H3,(H,33,36)/t24-,25+,26+,28-,29-,30-,31+,32-/m0/s1. The number of hydrogen-bond donors (Lipinski definition) is 7. The van der Waals surface area contributed by atoms with Gasteiger partial charge in [0, 0.05) is 6.42 Å². The van der Waals surface area contributed by atoms with Crippen molar-refractivity contribution >= 4 is 5.91 Å². The van der Waals surface area contributed by atoms with Crippen LogP contribution in [-0.4, -0.2) is 98.7 Å². The number of hydrogen-bond acceptors (Lipinski definition) is 9. The Morgan fingerprint density at radius 2 is 1.21 bits per heavy atom. The summed E-state index contributed by atoms with van der Waals surface area (Å²) in [5.41, 5.74) is 0. The highest BCUT2D eigenvalue weighted by Gasteiger charge is 2.44. The minimum Gasteiger partial charge on any atom is -0.394 e. The fourth-order valence-corrected chi connectivity index (χ4v) is 5.43. The summed E-state index contributed by atoms with van der Waals surface area (Å²) in [6.45, 7) is 3.05. The number of amides is 1. The van der Waals surface area contributed by atoms with Crippen LogP contribution in [0, 0.1) is 0 Å². The molecule has 0 aliphatic carbocycles. The maximum atomic E-state index is 12.6. The molecule has 0 spiro atoms. The first kappa shape index (κ1) is 39.2. The van der Waals surface area contributed by atoms with Crippen LogP contribution in [0.15, 0.2) is 0 Å². The van der Waals surface area contributed by atoms with E-state index in [1.54, 1.807) is 6.92 Å². The van der Waals surface area contributed by atoms with Gasteiger partial charge >= 0.3 is 0 Å². The molecule has 0 aromatic carbocycles. The number of rotatable bonds is 26. The predicted molar refractivity (Wildman–Crippen MR) is 163 cm³/mol. The molecule has 10 heteroatoms. The lowest BCUT2D eigenvalue weighted by atomic mass is 9.99. The summed E-state index contributed by atoms with van der Waals surface area (Å²) in [7, 11) is 0. The fraction of sp³-hybridized carbons (Fsp3) is 0.969. The van der Waals surface area contributed by atoms with Crippen LogP contribution < -0.4 is 5.32 Å². The SMILES string of the molecule is CCCCCCCCCCCCCCCCCCCC(=O)N[C@@H](CO[C@H]1O[C@H](CO)[C@H](O)[C@H](O)[C@H]1O)[C@H](O)[C@H](O)CC. The van der Waals surface area contributed by atoms with E-state index in [0.29, 0.717) is 0 Å². The summed E-state index contributed by atoms with van der Waals surface area (Å²) in [5, 5.41) is 62.8. The molecule has 1 aliphatic heterocycles. The smallest absolute Gasteiger partial charge is 0.220 e. The van der Waals surface area contributed by atoms with Crippen molar-refractivity contribution in [2.45, 2.75) is 185 Å². The zero-order valence-corrected chi connectivity index (χ0v) is 26.4. The van der Waals surface area contributed by atoms with E-state index in [1.807, 2.05) is 0 Å². The van der Waals surface area contributed by atoms with Gasteiger partial charge in [-0.15, -0.1) is 0 Å². The minimum atomic E-state index is -1.60. The number of aliphatic hydroxyl groups excluding tert-OH is 6. The van der Waals surface area contributed by atoms with Crippen molar-refractivity contribution in [3.63, 3.8) is 0 Å². The van der Waals surface area contributed by atoms with Crippen molar-refractivity contribution in [1.29, 1.82) is 0 Å². The lowest BCUT2D eigenvalue weighted by Gasteiger charge is -2.40. The molecular formula is C32H63NO9. The quantitative estimate of drug-likeness (QED) is 0.0730. The van der Waals surface area contributed by atoms with Gasteiger partial charge in [-0.3, -0.25) is 4.79 Å². The van der Waals surface area contributed by atoms with Gasteiger partial charge in [0.15, 0.2) is 6.29 Å². The van der Waals surface area contributed by atoms with Gasteiger partial charge in [0.05, 0.1) is 25.4 Å². The molecule has 1 heterocycles. The van der Waals surface area contributed by atoms with E-state index in [-0.39, 0.29) is 25.4 Å². The highest BCUT2D eigenvalue weighted by Crippen LogP contribution is 2.22. The lowest BCUT2D eigenvalue weighted by Crippen LogP contribution is -2.60. The van der Waals surface area contributed by atoms with Crippen molar-refractivity contribution in [2.75, 3.05) is 13.2 Å². The Balaban J connectivity index is 2.21. The van der Waals surface area contributed by atoms with E-state index in [9.17, 15) is 35.4 Å². The van der Waals surface area contributed by atoms with Gasteiger partial charge < -0.3 is 45.4 Å². The van der Waals surface area contributed by atoms with Gasteiger partial charge in [-0.25, -0.2) is 0 Å². The van der Waals surface area contributed by atoms with Crippen LogP contribution in [0.3, 0.4) is 0 Å². The van der Waals surface area contributed by atoms with Crippen LogP contribution in [0.2, 0.25) is 0 Å². The van der Waals surface area contributed by atoms with Crippen molar-refractivity contribution in [3.8, 4) is 0 Å². The molecule has 0 aromatic heterocycles. The molecule has 42 heavy (non-hydrogen) atoms.